The fourth-order valence-electron chi connectivity index (χ4n) is 7.82. The van der Waals surface area contributed by atoms with Crippen LogP contribution < -0.4 is 32.3 Å². The summed E-state index contributed by atoms with van der Waals surface area (Å²) in [6, 6.07) is 5.89. The number of aliphatic carboxylic acids is 4. The zero-order valence-corrected chi connectivity index (χ0v) is 38.8. The number of hydrogen-bond acceptors (Lipinski definition) is 15. The number of carbonyl (C=O) groups is 9. The van der Waals surface area contributed by atoms with Crippen molar-refractivity contribution in [2.24, 2.45) is 40.1 Å². The molecule has 0 saturated heterocycles. The Labute approximate surface area is 394 Å². The summed E-state index contributed by atoms with van der Waals surface area (Å²) in [5.74, 6) is -10.1. The van der Waals surface area contributed by atoms with Gasteiger partial charge in [0.15, 0.2) is 11.7 Å². The van der Waals surface area contributed by atoms with Gasteiger partial charge < -0.3 is 47.3 Å². The molecule has 2 heterocycles. The van der Waals surface area contributed by atoms with Gasteiger partial charge >= 0.3 is 23.9 Å². The van der Waals surface area contributed by atoms with Crippen LogP contribution >= 0.6 is 0 Å². The molecule has 0 spiro atoms. The van der Waals surface area contributed by atoms with Gasteiger partial charge in [-0.15, -0.1) is 0 Å². The van der Waals surface area contributed by atoms with Gasteiger partial charge in [0.25, 0.3) is 0 Å². The SMILES string of the molecule is CC(C)C[C@H]1C(=O)N[C@H](C(=O)C[C@@H](CCCN=C(N)N)C(=O)CCCNC(=O)CN(CCN(CC(=O)O)CC(=O)O)CCN(CC(=O)O)CC(=O)O)Cc2ccc(cc2)OCCC[C@@H]1C(=O)NO. The number of rotatable bonds is 31. The van der Waals surface area contributed by atoms with Gasteiger partial charge in [-0.2, -0.15) is 0 Å². The number of aliphatic imine (C=N–C) groups is 1. The number of nitrogens with one attached hydrogen (secondary N) is 3. The number of ketones is 2. The lowest BCUT2D eigenvalue weighted by Crippen LogP contribution is -2.49. The third-order valence-electron chi connectivity index (χ3n) is 11.1. The van der Waals surface area contributed by atoms with E-state index in [0.717, 1.165) is 9.80 Å². The molecule has 0 unspecified atom stereocenters. The number of guanidine groups is 1. The van der Waals surface area contributed by atoms with Crippen molar-refractivity contribution < 1.29 is 73.5 Å². The summed E-state index contributed by atoms with van der Waals surface area (Å²) in [4.78, 5) is 122. The van der Waals surface area contributed by atoms with Gasteiger partial charge in [0, 0.05) is 63.9 Å². The molecule has 0 radical (unpaired) electrons. The molecule has 380 valence electrons. The average Bonchev–Trinajstić information content (AvgIpc) is 3.25. The second kappa shape index (κ2) is 30.9. The van der Waals surface area contributed by atoms with Gasteiger partial charge in [-0.05, 0) is 68.6 Å². The number of fused-ring (bicyclic) bond motifs is 11. The summed E-state index contributed by atoms with van der Waals surface area (Å²) < 4.78 is 5.85. The number of hydroxylamine groups is 1. The fraction of sp³-hybridized carbons (Fsp3) is 0.636. The summed E-state index contributed by atoms with van der Waals surface area (Å²) in [6.45, 7) is 1.08. The maximum Gasteiger partial charge on any atom is 0.317 e. The fourth-order valence-corrected chi connectivity index (χ4v) is 7.82. The van der Waals surface area contributed by atoms with Crippen LogP contribution in [0.2, 0.25) is 0 Å². The molecule has 1 aromatic carbocycles. The van der Waals surface area contributed by atoms with E-state index in [2.05, 4.69) is 15.6 Å². The lowest BCUT2D eigenvalue weighted by atomic mass is 9.81. The molecule has 0 aliphatic carbocycles. The largest absolute Gasteiger partial charge is 0.494 e. The highest BCUT2D eigenvalue weighted by Gasteiger charge is 2.37. The van der Waals surface area contributed by atoms with E-state index in [0.29, 0.717) is 24.2 Å². The Morgan fingerprint density at radius 3 is 1.90 bits per heavy atom. The second-order valence-electron chi connectivity index (χ2n) is 17.2. The maximum absolute atomic E-state index is 14.3. The standard InChI is InChI=1S/C44H69N9O15/c1-28(2)20-33-32(43(66)50-67)7-5-19-68-31-11-9-29(10-12-31)21-34(49-42(33)65)36(55)22-30(6-3-14-48-44(45)46)35(54)8-4-13-47-37(56)23-51(15-17-52(24-38(57)58)25-39(59)60)16-18-53(26-40(61)62)27-41(63)64/h9-12,28,30,32-34,67H,3-8,13-27H2,1-2H3,(H,47,56)(H,49,65)(H,50,66)(H,57,58)(H,59,60)(H,61,62)(H,63,64)(H4,45,46,48)/t30-,32+,33-,34+/m1/s1. The predicted octanol–water partition coefficient (Wildman–Crippen LogP) is -0.991. The van der Waals surface area contributed by atoms with Crippen molar-refractivity contribution in [3.05, 3.63) is 29.8 Å². The molecule has 4 atom stereocenters. The molecule has 1 aromatic rings. The van der Waals surface area contributed by atoms with Crippen LogP contribution in [0.15, 0.2) is 29.3 Å². The zero-order valence-electron chi connectivity index (χ0n) is 38.8. The lowest BCUT2D eigenvalue weighted by Gasteiger charge is -2.29. The van der Waals surface area contributed by atoms with Crippen molar-refractivity contribution in [3.63, 3.8) is 0 Å². The van der Waals surface area contributed by atoms with Crippen molar-refractivity contribution in [2.45, 2.75) is 77.7 Å². The first-order chi connectivity index (χ1) is 32.2. The molecule has 24 nitrogen and oxygen atoms in total. The molecule has 12 N–H and O–H groups in total. The van der Waals surface area contributed by atoms with Crippen molar-refractivity contribution in [2.75, 3.05) is 78.6 Å². The van der Waals surface area contributed by atoms with E-state index in [9.17, 15) is 68.8 Å². The summed E-state index contributed by atoms with van der Waals surface area (Å²) in [5, 5.41) is 52.2. The molecule has 0 saturated carbocycles. The van der Waals surface area contributed by atoms with Crippen LogP contribution in [0.5, 0.6) is 5.75 Å². The summed E-state index contributed by atoms with van der Waals surface area (Å²) in [7, 11) is 0. The number of carbonyl (C=O) groups excluding carboxylic acids is 5. The Balaban J connectivity index is 2.27. The van der Waals surface area contributed by atoms with Gasteiger partial charge in [-0.25, -0.2) is 5.48 Å². The Kier molecular flexibility index (Phi) is 26.3. The van der Waals surface area contributed by atoms with E-state index in [-0.39, 0.29) is 115 Å². The smallest absolute Gasteiger partial charge is 0.317 e. The molecular weight excluding hydrogens is 895 g/mol. The van der Waals surface area contributed by atoms with E-state index in [1.54, 1.807) is 29.7 Å². The molecule has 0 fully saturated rings. The molecule has 2 aliphatic rings. The van der Waals surface area contributed by atoms with E-state index >= 15 is 0 Å². The van der Waals surface area contributed by atoms with Gasteiger partial charge in [0.2, 0.25) is 17.7 Å². The van der Waals surface area contributed by atoms with Crippen LogP contribution in [-0.2, 0) is 49.6 Å². The molecule has 2 bridgehead atoms. The molecular formula is C44H69N9O15. The van der Waals surface area contributed by atoms with Crippen molar-refractivity contribution in [1.82, 2.24) is 30.8 Å². The third kappa shape index (κ3) is 24.0. The maximum atomic E-state index is 14.3. The first-order valence-electron chi connectivity index (χ1n) is 22.5. The Bertz CT molecular complexity index is 1810. The molecule has 2 aliphatic heterocycles. The number of benzene rings is 1. The Morgan fingerprint density at radius 1 is 0.824 bits per heavy atom. The normalized spacial score (nSPS) is 16.9. The van der Waals surface area contributed by atoms with Crippen LogP contribution in [0.3, 0.4) is 0 Å². The molecule has 24 heteroatoms. The van der Waals surface area contributed by atoms with Gasteiger partial charge in [0.1, 0.15) is 11.5 Å². The van der Waals surface area contributed by atoms with Crippen molar-refractivity contribution >= 4 is 59.1 Å². The number of Topliss-reactive ketones (excluding diaryl/α,β-unsaturated/α-hetero) is 2. The van der Waals surface area contributed by atoms with Crippen LogP contribution in [0.25, 0.3) is 0 Å². The van der Waals surface area contributed by atoms with Gasteiger partial charge in [-0.1, -0.05) is 26.0 Å². The van der Waals surface area contributed by atoms with Crippen LogP contribution in [-0.4, -0.2) is 184 Å². The molecule has 3 rings (SSSR count). The highest BCUT2D eigenvalue weighted by Crippen LogP contribution is 2.28. The summed E-state index contributed by atoms with van der Waals surface area (Å²) in [6.07, 6.45) is 1.26. The number of nitrogens with zero attached hydrogens (tertiary/aromatic N) is 4. The van der Waals surface area contributed by atoms with Crippen LogP contribution in [0.4, 0.5) is 0 Å². The monoisotopic (exact) mass is 963 g/mol. The highest BCUT2D eigenvalue weighted by molar-refractivity contribution is 5.95. The van der Waals surface area contributed by atoms with Crippen molar-refractivity contribution in [1.29, 1.82) is 0 Å². The van der Waals surface area contributed by atoms with Crippen LogP contribution in [0.1, 0.15) is 70.8 Å². The number of amides is 3. The third-order valence-corrected chi connectivity index (χ3v) is 11.1. The average molecular weight is 964 g/mol. The number of nitrogens with two attached hydrogens (primary N) is 2. The van der Waals surface area contributed by atoms with E-state index in [1.807, 2.05) is 13.8 Å². The lowest BCUT2D eigenvalue weighted by molar-refractivity contribution is -0.143. The molecule has 3 amide bonds. The predicted molar refractivity (Wildman–Crippen MR) is 243 cm³/mol. The second-order valence-corrected chi connectivity index (χ2v) is 17.2. The number of carboxylic acids is 4. The highest BCUT2D eigenvalue weighted by atomic mass is 16.5. The van der Waals surface area contributed by atoms with Crippen molar-refractivity contribution in [3.8, 4) is 5.75 Å². The van der Waals surface area contributed by atoms with E-state index < -0.39 is 97.4 Å². The van der Waals surface area contributed by atoms with Gasteiger partial charge in [-0.3, -0.25) is 68.1 Å². The van der Waals surface area contributed by atoms with E-state index in [4.69, 9.17) is 16.2 Å². The van der Waals surface area contributed by atoms with E-state index in [1.165, 1.54) is 4.90 Å². The molecule has 68 heavy (non-hydrogen) atoms. The van der Waals surface area contributed by atoms with Gasteiger partial charge in [0.05, 0.1) is 51.3 Å². The molecule has 0 aromatic heterocycles. The van der Waals surface area contributed by atoms with Crippen LogP contribution in [0, 0.1) is 23.7 Å². The quantitative estimate of drug-likeness (QED) is 0.0140. The first-order valence-corrected chi connectivity index (χ1v) is 22.5. The Hall–Kier alpha value is -6.24. The summed E-state index contributed by atoms with van der Waals surface area (Å²) in [5.41, 5.74) is 13.4. The topological polar surface area (TPSA) is 374 Å². The zero-order chi connectivity index (χ0) is 50.8. The Morgan fingerprint density at radius 2 is 1.38 bits per heavy atom. The minimum atomic E-state index is -1.29. The minimum Gasteiger partial charge on any atom is -0.494 e. The number of hydrogen-bond donors (Lipinski definition) is 10. The first kappa shape index (κ1) is 57.9. The number of ether oxygens (including phenoxy) is 1. The summed E-state index contributed by atoms with van der Waals surface area (Å²) >= 11 is 0. The number of carboxylic acid groups (broad SMARTS) is 4. The minimum absolute atomic E-state index is 0.000394.